The molecule has 6 aromatic rings. The minimum Gasteiger partial charge on any atom is -0.486 e. The number of fused-ring (bicyclic) bond motifs is 2. The van der Waals surface area contributed by atoms with Gasteiger partial charge in [0.2, 0.25) is 5.82 Å². The normalized spacial score (nSPS) is 11.6. The van der Waals surface area contributed by atoms with Crippen molar-refractivity contribution in [1.82, 2.24) is 9.66 Å². The first-order valence-electron chi connectivity index (χ1n) is 12.3. The average molecular weight is 633 g/mol. The zero-order chi connectivity index (χ0) is 27.8. The molecule has 40 heavy (non-hydrogen) atoms. The Labute approximate surface area is 247 Å². The maximum absolute atomic E-state index is 13.5. The van der Waals surface area contributed by atoms with E-state index in [2.05, 4.69) is 21.0 Å². The van der Waals surface area contributed by atoms with Crippen molar-refractivity contribution in [2.24, 2.45) is 5.10 Å². The first-order valence-corrected chi connectivity index (χ1v) is 13.8. The Hall–Kier alpha value is -3.91. The summed E-state index contributed by atoms with van der Waals surface area (Å²) in [6.07, 6.45) is 1.54. The molecule has 2 heterocycles. The molecule has 198 valence electrons. The minimum atomic E-state index is -0.335. The predicted molar refractivity (Wildman–Crippen MR) is 164 cm³/mol. The summed E-state index contributed by atoms with van der Waals surface area (Å²) in [5.41, 5.74) is 3.69. The third-order valence-electron chi connectivity index (χ3n) is 6.30. The van der Waals surface area contributed by atoms with Crippen LogP contribution in [-0.4, -0.2) is 15.9 Å². The molecular weight excluding hydrogens is 613 g/mol. The Kier molecular flexibility index (Phi) is 7.19. The van der Waals surface area contributed by atoms with Gasteiger partial charge in [-0.15, -0.1) is 0 Å². The van der Waals surface area contributed by atoms with Crippen LogP contribution in [0.15, 0.2) is 104 Å². The summed E-state index contributed by atoms with van der Waals surface area (Å²) >= 11 is 16.3. The van der Waals surface area contributed by atoms with E-state index in [-0.39, 0.29) is 11.4 Å². The summed E-state index contributed by atoms with van der Waals surface area (Å²) in [5, 5.41) is 6.72. The van der Waals surface area contributed by atoms with Crippen LogP contribution in [0.1, 0.15) is 16.7 Å². The van der Waals surface area contributed by atoms with Gasteiger partial charge in [-0.1, -0.05) is 65.2 Å². The lowest BCUT2D eigenvalue weighted by Gasteiger charge is -2.11. The second-order valence-corrected chi connectivity index (χ2v) is 10.9. The number of furan rings is 1. The third kappa shape index (κ3) is 5.28. The van der Waals surface area contributed by atoms with Crippen LogP contribution in [0.2, 0.25) is 10.0 Å². The largest absolute Gasteiger partial charge is 0.486 e. The van der Waals surface area contributed by atoms with Gasteiger partial charge in [0.15, 0.2) is 11.5 Å². The van der Waals surface area contributed by atoms with Crippen LogP contribution >= 0.6 is 39.1 Å². The number of para-hydroxylation sites is 1. The van der Waals surface area contributed by atoms with Gasteiger partial charge in [0.05, 0.1) is 26.6 Å². The summed E-state index contributed by atoms with van der Waals surface area (Å²) in [7, 11) is 0. The highest BCUT2D eigenvalue weighted by atomic mass is 79.9. The number of aryl methyl sites for hydroxylation is 1. The lowest BCUT2D eigenvalue weighted by atomic mass is 10.2. The monoisotopic (exact) mass is 631 g/mol. The zero-order valence-electron chi connectivity index (χ0n) is 21.1. The maximum Gasteiger partial charge on any atom is 0.282 e. The van der Waals surface area contributed by atoms with Gasteiger partial charge in [-0.05, 0) is 82.5 Å². The van der Waals surface area contributed by atoms with E-state index in [9.17, 15) is 4.79 Å². The van der Waals surface area contributed by atoms with Crippen molar-refractivity contribution in [3.8, 4) is 17.3 Å². The summed E-state index contributed by atoms with van der Waals surface area (Å²) in [6.45, 7) is 2.41. The van der Waals surface area contributed by atoms with E-state index in [1.165, 1.54) is 10.2 Å². The zero-order valence-corrected chi connectivity index (χ0v) is 24.2. The van der Waals surface area contributed by atoms with Crippen molar-refractivity contribution in [3.05, 3.63) is 126 Å². The summed E-state index contributed by atoms with van der Waals surface area (Å²) < 4.78 is 13.9. The Bertz CT molecular complexity index is 1960. The van der Waals surface area contributed by atoms with Crippen LogP contribution in [0.3, 0.4) is 0 Å². The summed E-state index contributed by atoms with van der Waals surface area (Å²) in [5.74, 6) is 1.16. The molecule has 0 N–H and O–H groups in total. The van der Waals surface area contributed by atoms with Crippen molar-refractivity contribution in [2.75, 3.05) is 0 Å². The van der Waals surface area contributed by atoms with E-state index < -0.39 is 0 Å². The molecule has 6 rings (SSSR count). The smallest absolute Gasteiger partial charge is 0.282 e. The molecular formula is C31H20BrCl2N3O3. The highest BCUT2D eigenvalue weighted by Crippen LogP contribution is 2.35. The SMILES string of the molecule is Cc1ccc(COc2c(Cl)cc(C=Nn3c(-c4cc5cc(Cl)ccc5o4)nc4ccccc4c3=O)cc2Br)cc1. The van der Waals surface area contributed by atoms with Gasteiger partial charge >= 0.3 is 0 Å². The van der Waals surface area contributed by atoms with Crippen molar-refractivity contribution in [3.63, 3.8) is 0 Å². The van der Waals surface area contributed by atoms with Gasteiger partial charge < -0.3 is 9.15 Å². The number of halogens is 3. The van der Waals surface area contributed by atoms with E-state index in [1.54, 1.807) is 54.7 Å². The number of hydrogen-bond acceptors (Lipinski definition) is 5. The highest BCUT2D eigenvalue weighted by Gasteiger charge is 2.17. The number of aromatic nitrogens is 2. The van der Waals surface area contributed by atoms with Crippen LogP contribution in [0.5, 0.6) is 5.75 Å². The first-order chi connectivity index (χ1) is 19.4. The fourth-order valence-corrected chi connectivity index (χ4v) is 5.44. The van der Waals surface area contributed by atoms with Crippen molar-refractivity contribution in [2.45, 2.75) is 13.5 Å². The van der Waals surface area contributed by atoms with E-state index >= 15 is 0 Å². The molecule has 0 radical (unpaired) electrons. The van der Waals surface area contributed by atoms with Gasteiger partial charge in [-0.25, -0.2) is 4.98 Å². The van der Waals surface area contributed by atoms with Crippen LogP contribution in [0.25, 0.3) is 33.5 Å². The third-order valence-corrected chi connectivity index (χ3v) is 7.40. The van der Waals surface area contributed by atoms with E-state index in [4.69, 9.17) is 37.3 Å². The molecule has 0 aliphatic rings. The number of nitrogens with zero attached hydrogens (tertiary/aromatic N) is 3. The fourth-order valence-electron chi connectivity index (χ4n) is 4.27. The van der Waals surface area contributed by atoms with Crippen LogP contribution < -0.4 is 10.3 Å². The fraction of sp³-hybridized carbons (Fsp3) is 0.0645. The Morgan fingerprint density at radius 3 is 2.62 bits per heavy atom. The molecule has 0 fully saturated rings. The molecule has 4 aromatic carbocycles. The number of ether oxygens (including phenoxy) is 1. The lowest BCUT2D eigenvalue weighted by molar-refractivity contribution is 0.304. The molecule has 0 unspecified atom stereocenters. The molecule has 0 saturated carbocycles. The molecule has 0 saturated heterocycles. The Balaban J connectivity index is 1.37. The number of rotatable bonds is 6. The molecule has 0 atom stereocenters. The van der Waals surface area contributed by atoms with Crippen molar-refractivity contribution >= 4 is 67.2 Å². The predicted octanol–water partition coefficient (Wildman–Crippen LogP) is 8.65. The molecule has 0 aliphatic heterocycles. The topological polar surface area (TPSA) is 69.6 Å². The molecule has 6 nitrogen and oxygen atoms in total. The second-order valence-electron chi connectivity index (χ2n) is 9.19. The van der Waals surface area contributed by atoms with Crippen LogP contribution in [-0.2, 0) is 6.61 Å². The van der Waals surface area contributed by atoms with Gasteiger partial charge in [0.25, 0.3) is 5.56 Å². The number of benzene rings is 4. The molecule has 9 heteroatoms. The molecule has 0 bridgehead atoms. The first kappa shape index (κ1) is 26.3. The lowest BCUT2D eigenvalue weighted by Crippen LogP contribution is -2.20. The molecule has 2 aromatic heterocycles. The Morgan fingerprint density at radius 2 is 1.82 bits per heavy atom. The van der Waals surface area contributed by atoms with E-state index in [0.29, 0.717) is 54.7 Å². The number of hydrogen-bond donors (Lipinski definition) is 0. The van der Waals surface area contributed by atoms with Gasteiger partial charge in [0, 0.05) is 10.4 Å². The molecule has 0 aliphatic carbocycles. The van der Waals surface area contributed by atoms with Gasteiger partial charge in [0.1, 0.15) is 12.2 Å². The van der Waals surface area contributed by atoms with E-state index in [1.807, 2.05) is 43.3 Å². The van der Waals surface area contributed by atoms with Gasteiger partial charge in [-0.2, -0.15) is 9.78 Å². The van der Waals surface area contributed by atoms with Crippen LogP contribution in [0.4, 0.5) is 0 Å². The van der Waals surface area contributed by atoms with Crippen molar-refractivity contribution < 1.29 is 9.15 Å². The molecule has 0 amide bonds. The quantitative estimate of drug-likeness (QED) is 0.172. The molecule has 0 spiro atoms. The Morgan fingerprint density at radius 1 is 1.02 bits per heavy atom. The van der Waals surface area contributed by atoms with Crippen LogP contribution in [0, 0.1) is 6.92 Å². The van der Waals surface area contributed by atoms with Gasteiger partial charge in [-0.3, -0.25) is 4.79 Å². The average Bonchev–Trinajstić information content (AvgIpc) is 3.36. The highest BCUT2D eigenvalue weighted by molar-refractivity contribution is 9.10. The maximum atomic E-state index is 13.5. The summed E-state index contributed by atoms with van der Waals surface area (Å²) in [4.78, 5) is 18.2. The second kappa shape index (κ2) is 10.9. The summed E-state index contributed by atoms with van der Waals surface area (Å²) in [6, 6.07) is 25.8. The standard InChI is InChI=1S/C31H20BrCl2N3O3/c1-18-6-8-19(9-7-18)17-39-29-24(32)12-20(13-25(29)34)16-35-37-30(36-26-5-3-2-4-23(26)31(37)38)28-15-21-14-22(33)10-11-27(21)40-28/h2-16H,17H2,1H3. The van der Waals surface area contributed by atoms with E-state index in [0.717, 1.165) is 10.9 Å². The van der Waals surface area contributed by atoms with Crippen molar-refractivity contribution in [1.29, 1.82) is 0 Å². The minimum absolute atomic E-state index is 0.260.